The second-order valence-electron chi connectivity index (χ2n) is 20.3. The fourth-order valence-corrected chi connectivity index (χ4v) is 10.7. The van der Waals surface area contributed by atoms with Crippen molar-refractivity contribution >= 4 is 35.1 Å². The van der Waals surface area contributed by atoms with Crippen LogP contribution in [0, 0.1) is 11.8 Å². The summed E-state index contributed by atoms with van der Waals surface area (Å²) in [5.74, 6) is -6.12. The molecule has 10 rings (SSSR count). The van der Waals surface area contributed by atoms with Crippen LogP contribution in [0.2, 0.25) is 10.0 Å². The monoisotopic (exact) mass is 1250 g/mol. The van der Waals surface area contributed by atoms with Crippen LogP contribution in [0.5, 0.6) is 11.5 Å². The summed E-state index contributed by atoms with van der Waals surface area (Å²) >= 11 is 12.4. The van der Waals surface area contributed by atoms with E-state index in [1.54, 1.807) is 24.3 Å². The van der Waals surface area contributed by atoms with Crippen molar-refractivity contribution in [3.63, 3.8) is 0 Å². The van der Waals surface area contributed by atoms with Crippen LogP contribution >= 0.6 is 23.2 Å². The van der Waals surface area contributed by atoms with Crippen molar-refractivity contribution in [3.05, 3.63) is 177 Å². The molecule has 0 spiro atoms. The number of aromatic nitrogens is 8. The second-order valence-corrected chi connectivity index (χ2v) is 21.2. The number of ether oxygens (including phenoxy) is 2. The molecule has 2 saturated carbocycles. The summed E-state index contributed by atoms with van der Waals surface area (Å²) in [5, 5.41) is 26.2. The van der Waals surface area contributed by atoms with Crippen LogP contribution in [0.1, 0.15) is 118 Å². The average Bonchev–Trinajstić information content (AvgIpc) is 2.67. The Hall–Kier alpha value is -8.26. The van der Waals surface area contributed by atoms with Gasteiger partial charge in [0.05, 0.1) is 60.4 Å². The first-order valence-electron chi connectivity index (χ1n) is 26.2. The van der Waals surface area contributed by atoms with Gasteiger partial charge >= 0.3 is 36.6 Å². The van der Waals surface area contributed by atoms with E-state index in [1.807, 2.05) is 48.5 Å². The fraction of sp³-hybridized carbons (Fsp3) is 0.310. The summed E-state index contributed by atoms with van der Waals surface area (Å²) < 4.78 is 173. The molecule has 28 heteroatoms. The highest BCUT2D eigenvalue weighted by Gasteiger charge is 2.44. The van der Waals surface area contributed by atoms with Gasteiger partial charge in [-0.25, -0.2) is 28.9 Å². The number of alkyl halides is 12. The number of hydrogen-bond acceptors (Lipinski definition) is 10. The number of carboxylic acids is 2. The van der Waals surface area contributed by atoms with Gasteiger partial charge in [0.1, 0.15) is 35.8 Å². The summed E-state index contributed by atoms with van der Waals surface area (Å²) in [6.45, 7) is 0.199. The number of carbonyl (C=O) groups is 2. The summed E-state index contributed by atoms with van der Waals surface area (Å²) in [7, 11) is 0. The van der Waals surface area contributed by atoms with E-state index < -0.39 is 71.0 Å². The minimum absolute atomic E-state index is 0.0570. The van der Waals surface area contributed by atoms with Gasteiger partial charge in [-0.05, 0) is 122 Å². The zero-order valence-electron chi connectivity index (χ0n) is 44.3. The summed E-state index contributed by atoms with van der Waals surface area (Å²) in [4.78, 5) is 39.1. The summed E-state index contributed by atoms with van der Waals surface area (Å²) in [6, 6.07) is 24.1. The van der Waals surface area contributed by atoms with Crippen LogP contribution in [0.15, 0.2) is 122 Å². The van der Waals surface area contributed by atoms with E-state index in [0.717, 1.165) is 34.6 Å². The van der Waals surface area contributed by atoms with Crippen LogP contribution in [0.25, 0.3) is 34.2 Å². The van der Waals surface area contributed by atoms with Crippen molar-refractivity contribution in [2.24, 2.45) is 11.8 Å². The van der Waals surface area contributed by atoms with E-state index in [-0.39, 0.29) is 73.8 Å². The molecular formula is C58H46Cl2F12N8O6. The van der Waals surface area contributed by atoms with Gasteiger partial charge in [0.25, 0.3) is 0 Å². The Bertz CT molecular complexity index is 3470. The lowest BCUT2D eigenvalue weighted by molar-refractivity contribution is -0.183. The molecule has 0 unspecified atom stereocenters. The quantitative estimate of drug-likeness (QED) is 0.0985. The van der Waals surface area contributed by atoms with Gasteiger partial charge in [-0.3, -0.25) is 9.97 Å². The molecule has 8 aromatic rings. The zero-order valence-corrected chi connectivity index (χ0v) is 45.8. The third-order valence-corrected chi connectivity index (χ3v) is 15.2. The lowest BCUT2D eigenvalue weighted by Gasteiger charge is -2.30. The molecule has 0 saturated heterocycles. The number of halogens is 14. The van der Waals surface area contributed by atoms with Crippen molar-refractivity contribution in [2.75, 3.05) is 0 Å². The third-order valence-electron chi connectivity index (χ3n) is 14.7. The summed E-state index contributed by atoms with van der Waals surface area (Å²) in [5.41, 5.74) is -0.770. The molecule has 2 aliphatic carbocycles. The molecule has 86 heavy (non-hydrogen) atoms. The Morgan fingerprint density at radius 1 is 0.488 bits per heavy atom. The van der Waals surface area contributed by atoms with Crippen molar-refractivity contribution in [3.8, 4) is 45.6 Å². The number of aromatic carboxylic acids is 2. The molecule has 452 valence electrons. The Morgan fingerprint density at radius 2 is 0.837 bits per heavy atom. The maximum atomic E-state index is 13.7. The topological polar surface area (TPSA) is 180 Å². The fourth-order valence-electron chi connectivity index (χ4n) is 10.3. The standard InChI is InChI=1S/2C29H23ClF6N4O3/c2*30-20-9-10-24(43-15-16-1-3-17(4-2-16)18-5-7-19(8-6-18)28(31,32)33)21(11-20)23-13-37-14-25(39-23)40-26(29(34,35)36)22(12-38-40)27(41)42/h2*1-4,9-14,18-19H,5-8,15H2,(H,41,42). The van der Waals surface area contributed by atoms with Gasteiger partial charge in [-0.15, -0.1) is 0 Å². The highest BCUT2D eigenvalue weighted by Crippen LogP contribution is 2.45. The first-order chi connectivity index (χ1) is 40.6. The molecule has 4 aromatic heterocycles. The molecule has 2 N–H and O–H groups in total. The lowest BCUT2D eigenvalue weighted by atomic mass is 9.78. The first kappa shape index (κ1) is 62.3. The minimum atomic E-state index is -5.04. The molecule has 4 heterocycles. The van der Waals surface area contributed by atoms with E-state index >= 15 is 0 Å². The lowest BCUT2D eigenvalue weighted by Crippen LogP contribution is -2.27. The molecule has 0 radical (unpaired) electrons. The first-order valence-corrected chi connectivity index (χ1v) is 27.0. The van der Waals surface area contributed by atoms with E-state index in [4.69, 9.17) is 32.7 Å². The van der Waals surface area contributed by atoms with Crippen LogP contribution in [0.4, 0.5) is 52.7 Å². The van der Waals surface area contributed by atoms with Crippen LogP contribution in [-0.2, 0) is 25.6 Å². The largest absolute Gasteiger partial charge is 0.488 e. The Balaban J connectivity index is 0.000000205. The number of carboxylic acid groups (broad SMARTS) is 2. The minimum Gasteiger partial charge on any atom is -0.488 e. The average molecular weight is 1250 g/mol. The van der Waals surface area contributed by atoms with Gasteiger partial charge in [0.2, 0.25) is 0 Å². The summed E-state index contributed by atoms with van der Waals surface area (Å²) in [6.07, 6.45) is -10.3. The van der Waals surface area contributed by atoms with Gasteiger partial charge in [-0.2, -0.15) is 62.9 Å². The number of hydrogen-bond donors (Lipinski definition) is 2. The van der Waals surface area contributed by atoms with Crippen molar-refractivity contribution in [1.29, 1.82) is 0 Å². The van der Waals surface area contributed by atoms with Crippen molar-refractivity contribution in [2.45, 2.75) is 101 Å². The predicted molar refractivity (Wildman–Crippen MR) is 286 cm³/mol. The number of nitrogens with zero attached hydrogens (tertiary/aromatic N) is 8. The third kappa shape index (κ3) is 14.7. The molecule has 0 atom stereocenters. The van der Waals surface area contributed by atoms with Gasteiger partial charge < -0.3 is 19.7 Å². The van der Waals surface area contributed by atoms with Gasteiger partial charge in [-0.1, -0.05) is 71.7 Å². The van der Waals surface area contributed by atoms with Crippen molar-refractivity contribution < 1.29 is 82.0 Å². The molecule has 2 fully saturated rings. The maximum absolute atomic E-state index is 13.7. The number of benzene rings is 4. The van der Waals surface area contributed by atoms with Crippen molar-refractivity contribution in [1.82, 2.24) is 39.5 Å². The van der Waals surface area contributed by atoms with Gasteiger partial charge in [0.15, 0.2) is 23.0 Å². The predicted octanol–water partition coefficient (Wildman–Crippen LogP) is 16.2. The molecule has 14 nitrogen and oxygen atoms in total. The van der Waals surface area contributed by atoms with E-state index in [0.29, 0.717) is 80.1 Å². The van der Waals surface area contributed by atoms with E-state index in [1.165, 1.54) is 24.5 Å². The second kappa shape index (κ2) is 25.4. The zero-order chi connectivity index (χ0) is 61.9. The van der Waals surface area contributed by atoms with E-state index in [2.05, 4.69) is 30.1 Å². The molecule has 0 amide bonds. The Labute approximate surface area is 490 Å². The molecule has 0 aliphatic heterocycles. The Kier molecular flexibility index (Phi) is 18.4. The van der Waals surface area contributed by atoms with Crippen LogP contribution < -0.4 is 9.47 Å². The highest BCUT2D eigenvalue weighted by atomic mass is 35.5. The number of rotatable bonds is 14. The normalized spacial score (nSPS) is 17.6. The van der Waals surface area contributed by atoms with Gasteiger partial charge in [0, 0.05) is 21.2 Å². The molecule has 0 bridgehead atoms. The van der Waals surface area contributed by atoms with Crippen LogP contribution in [0.3, 0.4) is 0 Å². The highest BCUT2D eigenvalue weighted by molar-refractivity contribution is 6.31. The molecular weight excluding hydrogens is 1200 g/mol. The molecule has 4 aromatic carbocycles. The SMILES string of the molecule is O=C(O)c1cnn(-c2cncc(-c3cc(Cl)ccc3OCc3ccc(C4CCC(C(F)(F)F)CC4)cc3)n2)c1C(F)(F)F.O=C(O)c1cnn(-c2cncc(-c3cc(Cl)ccc3OCc3ccc(C4CCC(C(F)(F)F)CC4)cc3)n2)c1C(F)(F)F. The smallest absolute Gasteiger partial charge is 0.434 e. The van der Waals surface area contributed by atoms with Crippen LogP contribution in [-0.4, -0.2) is 74.0 Å². The van der Waals surface area contributed by atoms with E-state index in [9.17, 15) is 72.5 Å². The molecule has 2 aliphatic rings. The Morgan fingerprint density at radius 3 is 1.15 bits per heavy atom. The maximum Gasteiger partial charge on any atom is 0.434 e.